The Hall–Kier alpha value is -0.0800. The molecule has 0 radical (unpaired) electrons. The molecule has 2 N–H and O–H groups in total. The molecule has 2 atom stereocenters. The maximum Gasteiger partial charge on any atom is 0.0774 e. The molecule has 1 aliphatic heterocycles. The van der Waals surface area contributed by atoms with Gasteiger partial charge >= 0.3 is 0 Å². The van der Waals surface area contributed by atoms with Crippen molar-refractivity contribution in [2.24, 2.45) is 5.92 Å². The first-order valence-electron chi connectivity index (χ1n) is 4.72. The first-order valence-corrected chi connectivity index (χ1v) is 4.72. The summed E-state index contributed by atoms with van der Waals surface area (Å²) in [7, 11) is 0. The smallest absolute Gasteiger partial charge is 0.0774 e. The van der Waals surface area contributed by atoms with Crippen LogP contribution in [0, 0.1) is 5.92 Å². The third-order valence-corrected chi connectivity index (χ3v) is 3.11. The summed E-state index contributed by atoms with van der Waals surface area (Å²) in [5.41, 5.74) is -0.348. The Morgan fingerprint density at radius 2 is 2.27 bits per heavy atom. The standard InChI is InChI=1S/C9H17NO/c11-9-4-1-2-8(6-9)3-5-10-7-9/h8,10-11H,1-7H2. The van der Waals surface area contributed by atoms with Crippen LogP contribution in [0.4, 0.5) is 0 Å². The van der Waals surface area contributed by atoms with Gasteiger partial charge in [0.05, 0.1) is 5.60 Å². The largest absolute Gasteiger partial charge is 0.389 e. The Morgan fingerprint density at radius 1 is 1.36 bits per heavy atom. The summed E-state index contributed by atoms with van der Waals surface area (Å²) in [6.07, 6.45) is 5.88. The van der Waals surface area contributed by atoms with E-state index < -0.39 is 0 Å². The van der Waals surface area contributed by atoms with Gasteiger partial charge in [-0.05, 0) is 31.7 Å². The second-order valence-electron chi connectivity index (χ2n) is 4.15. The summed E-state index contributed by atoms with van der Waals surface area (Å²) in [5, 5.41) is 13.3. The van der Waals surface area contributed by atoms with Crippen molar-refractivity contribution in [3.8, 4) is 0 Å². The van der Waals surface area contributed by atoms with Crippen LogP contribution in [0.2, 0.25) is 0 Å². The van der Waals surface area contributed by atoms with Crippen molar-refractivity contribution < 1.29 is 5.11 Å². The molecule has 2 unspecified atom stereocenters. The van der Waals surface area contributed by atoms with E-state index >= 15 is 0 Å². The van der Waals surface area contributed by atoms with Crippen LogP contribution in [0.1, 0.15) is 32.1 Å². The Morgan fingerprint density at radius 3 is 3.18 bits per heavy atom. The summed E-state index contributed by atoms with van der Waals surface area (Å²) in [4.78, 5) is 0. The third-order valence-electron chi connectivity index (χ3n) is 3.11. The molecule has 2 fully saturated rings. The maximum absolute atomic E-state index is 10.0. The molecule has 0 aromatic heterocycles. The minimum Gasteiger partial charge on any atom is -0.389 e. The maximum atomic E-state index is 10.0. The van der Waals surface area contributed by atoms with Gasteiger partial charge in [0.15, 0.2) is 0 Å². The molecule has 2 aliphatic rings. The predicted octanol–water partition coefficient (Wildman–Crippen LogP) is 0.901. The highest BCUT2D eigenvalue weighted by atomic mass is 16.3. The van der Waals surface area contributed by atoms with Crippen LogP contribution in [0.5, 0.6) is 0 Å². The van der Waals surface area contributed by atoms with E-state index in [2.05, 4.69) is 5.32 Å². The Balaban J connectivity index is 2.07. The molecule has 11 heavy (non-hydrogen) atoms. The minimum absolute atomic E-state index is 0.348. The van der Waals surface area contributed by atoms with Gasteiger partial charge in [-0.15, -0.1) is 0 Å². The molecule has 64 valence electrons. The second-order valence-corrected chi connectivity index (χ2v) is 4.15. The van der Waals surface area contributed by atoms with Crippen molar-refractivity contribution in [3.05, 3.63) is 0 Å². The normalized spacial score (nSPS) is 45.0. The lowest BCUT2D eigenvalue weighted by Crippen LogP contribution is -2.41. The molecule has 2 heteroatoms. The highest BCUT2D eigenvalue weighted by molar-refractivity contribution is 4.90. The molecule has 0 aromatic rings. The van der Waals surface area contributed by atoms with Gasteiger partial charge in [0.1, 0.15) is 0 Å². The second kappa shape index (κ2) is 2.76. The summed E-state index contributed by atoms with van der Waals surface area (Å²) in [5.74, 6) is 0.795. The van der Waals surface area contributed by atoms with Gasteiger partial charge < -0.3 is 10.4 Å². The van der Waals surface area contributed by atoms with E-state index in [9.17, 15) is 5.11 Å². The molecule has 1 saturated carbocycles. The SMILES string of the molecule is OC12CCCC(CCNC1)C2. The number of aliphatic hydroxyl groups is 1. The number of rotatable bonds is 0. The van der Waals surface area contributed by atoms with E-state index in [0.29, 0.717) is 0 Å². The van der Waals surface area contributed by atoms with Crippen LogP contribution < -0.4 is 5.32 Å². The fourth-order valence-electron chi connectivity index (χ4n) is 2.50. The number of nitrogens with one attached hydrogen (secondary N) is 1. The summed E-state index contributed by atoms with van der Waals surface area (Å²) >= 11 is 0. The highest BCUT2D eigenvalue weighted by Crippen LogP contribution is 2.35. The lowest BCUT2D eigenvalue weighted by atomic mass is 9.78. The van der Waals surface area contributed by atoms with Crippen LogP contribution in [0.25, 0.3) is 0 Å². The molecule has 2 bridgehead atoms. The van der Waals surface area contributed by atoms with E-state index in [-0.39, 0.29) is 5.60 Å². The molecule has 2 rings (SSSR count). The van der Waals surface area contributed by atoms with Gasteiger partial charge in [-0.1, -0.05) is 12.8 Å². The van der Waals surface area contributed by atoms with Crippen LogP contribution in [0.15, 0.2) is 0 Å². The van der Waals surface area contributed by atoms with Crippen molar-refractivity contribution in [2.75, 3.05) is 13.1 Å². The minimum atomic E-state index is -0.348. The average Bonchev–Trinajstić information content (AvgIpc) is 2.09. The number of fused-ring (bicyclic) bond motifs is 2. The van der Waals surface area contributed by atoms with Gasteiger partial charge in [0, 0.05) is 6.54 Å². The summed E-state index contributed by atoms with van der Waals surface area (Å²) in [6.45, 7) is 1.93. The van der Waals surface area contributed by atoms with Gasteiger partial charge in [-0.25, -0.2) is 0 Å². The Bertz CT molecular complexity index is 148. The number of hydrogen-bond donors (Lipinski definition) is 2. The molecular weight excluding hydrogens is 138 g/mol. The van der Waals surface area contributed by atoms with Crippen LogP contribution >= 0.6 is 0 Å². The highest BCUT2D eigenvalue weighted by Gasteiger charge is 2.35. The Kier molecular flexibility index (Phi) is 1.90. The fraction of sp³-hybridized carbons (Fsp3) is 1.00. The van der Waals surface area contributed by atoms with Gasteiger partial charge in [0.2, 0.25) is 0 Å². The first kappa shape index (κ1) is 7.56. The van der Waals surface area contributed by atoms with Crippen molar-refractivity contribution in [1.82, 2.24) is 5.32 Å². The lowest BCUT2D eigenvalue weighted by Gasteiger charge is -2.34. The van der Waals surface area contributed by atoms with Crippen LogP contribution in [0.3, 0.4) is 0 Å². The van der Waals surface area contributed by atoms with E-state index in [4.69, 9.17) is 0 Å². The van der Waals surface area contributed by atoms with E-state index in [1.807, 2.05) is 0 Å². The Labute approximate surface area is 68.0 Å². The molecule has 0 aromatic carbocycles. The monoisotopic (exact) mass is 155 g/mol. The zero-order chi connectivity index (χ0) is 7.73. The molecular formula is C9H17NO. The zero-order valence-corrected chi connectivity index (χ0v) is 6.97. The lowest BCUT2D eigenvalue weighted by molar-refractivity contribution is -0.00552. The zero-order valence-electron chi connectivity index (χ0n) is 6.97. The number of hydrogen-bond acceptors (Lipinski definition) is 2. The average molecular weight is 155 g/mol. The molecule has 1 heterocycles. The summed E-state index contributed by atoms with van der Waals surface area (Å²) in [6, 6.07) is 0. The van der Waals surface area contributed by atoms with Gasteiger partial charge in [-0.3, -0.25) is 0 Å². The predicted molar refractivity (Wildman–Crippen MR) is 44.4 cm³/mol. The summed E-state index contributed by atoms with van der Waals surface area (Å²) < 4.78 is 0. The van der Waals surface area contributed by atoms with Gasteiger partial charge in [-0.2, -0.15) is 0 Å². The number of β-amino-alcohol motifs (C(OH)–C–C–N with tert-alkyl or cyclic N) is 1. The molecule has 0 spiro atoms. The van der Waals surface area contributed by atoms with Crippen LogP contribution in [-0.2, 0) is 0 Å². The fourth-order valence-corrected chi connectivity index (χ4v) is 2.50. The van der Waals surface area contributed by atoms with Crippen molar-refractivity contribution in [1.29, 1.82) is 0 Å². The van der Waals surface area contributed by atoms with Crippen molar-refractivity contribution in [3.63, 3.8) is 0 Å². The van der Waals surface area contributed by atoms with E-state index in [1.54, 1.807) is 0 Å². The molecule has 2 nitrogen and oxygen atoms in total. The topological polar surface area (TPSA) is 32.3 Å². The first-order chi connectivity index (χ1) is 5.29. The van der Waals surface area contributed by atoms with Crippen molar-refractivity contribution >= 4 is 0 Å². The molecule has 1 saturated heterocycles. The van der Waals surface area contributed by atoms with Gasteiger partial charge in [0.25, 0.3) is 0 Å². The molecule has 1 aliphatic carbocycles. The van der Waals surface area contributed by atoms with Crippen LogP contribution in [-0.4, -0.2) is 23.8 Å². The quantitative estimate of drug-likeness (QED) is 0.545. The van der Waals surface area contributed by atoms with E-state index in [1.165, 1.54) is 19.3 Å². The molecule has 0 amide bonds. The van der Waals surface area contributed by atoms with Crippen molar-refractivity contribution in [2.45, 2.75) is 37.7 Å². The van der Waals surface area contributed by atoms with E-state index in [0.717, 1.165) is 31.8 Å². The third kappa shape index (κ3) is 1.57.